The van der Waals surface area contributed by atoms with Gasteiger partial charge >= 0.3 is 18.1 Å². The predicted molar refractivity (Wildman–Crippen MR) is 139 cm³/mol. The third-order valence-corrected chi connectivity index (χ3v) is 6.53. The number of hydrogen-bond acceptors (Lipinski definition) is 8. The summed E-state index contributed by atoms with van der Waals surface area (Å²) in [6.07, 6.45) is 2.27. The summed E-state index contributed by atoms with van der Waals surface area (Å²) >= 11 is 0. The van der Waals surface area contributed by atoms with Crippen LogP contribution in [-0.2, 0) is 9.53 Å². The van der Waals surface area contributed by atoms with E-state index in [0.29, 0.717) is 35.8 Å². The van der Waals surface area contributed by atoms with Crippen molar-refractivity contribution in [2.75, 3.05) is 24.6 Å². The minimum atomic E-state index is -1.21. The Kier molecular flexibility index (Phi) is 9.39. The van der Waals surface area contributed by atoms with E-state index >= 15 is 0 Å². The second-order valence-electron chi connectivity index (χ2n) is 11.0. The molecule has 1 saturated heterocycles. The number of carbonyl (C=O) groups excluding carboxylic acids is 1. The van der Waals surface area contributed by atoms with Crippen LogP contribution in [0.5, 0.6) is 5.75 Å². The minimum absolute atomic E-state index is 0.249. The Bertz CT molecular complexity index is 1020. The maximum Gasteiger partial charge on any atom is 0.408 e. The van der Waals surface area contributed by atoms with Gasteiger partial charge in [-0.15, -0.1) is 0 Å². The van der Waals surface area contributed by atoms with Crippen LogP contribution in [0.2, 0.25) is 0 Å². The van der Waals surface area contributed by atoms with Crippen molar-refractivity contribution in [3.05, 3.63) is 35.7 Å². The topological polar surface area (TPSA) is 127 Å². The molecule has 1 aliphatic rings. The van der Waals surface area contributed by atoms with Gasteiger partial charge in [0.25, 0.3) is 0 Å². The van der Waals surface area contributed by atoms with E-state index in [1.165, 1.54) is 0 Å². The predicted octanol–water partition coefficient (Wildman–Crippen LogP) is 5.17. The Morgan fingerprint density at radius 2 is 1.81 bits per heavy atom. The maximum absolute atomic E-state index is 12.0. The van der Waals surface area contributed by atoms with Gasteiger partial charge in [0.15, 0.2) is 11.9 Å². The van der Waals surface area contributed by atoms with E-state index in [2.05, 4.69) is 41.1 Å². The number of hydrogen-bond donors (Lipinski definition) is 2. The van der Waals surface area contributed by atoms with Crippen molar-refractivity contribution < 1.29 is 28.7 Å². The monoisotopic (exact) mass is 516 g/mol. The van der Waals surface area contributed by atoms with Gasteiger partial charge < -0.3 is 29.3 Å². The molecule has 2 aromatic rings. The summed E-state index contributed by atoms with van der Waals surface area (Å²) in [4.78, 5) is 30.4. The van der Waals surface area contributed by atoms with Crippen LogP contribution >= 0.6 is 0 Å². The van der Waals surface area contributed by atoms with E-state index in [1.54, 1.807) is 45.0 Å². The van der Waals surface area contributed by atoms with Gasteiger partial charge in [0, 0.05) is 19.0 Å². The summed E-state index contributed by atoms with van der Waals surface area (Å²) in [6.45, 7) is 13.9. The number of nitrogens with zero attached hydrogens (tertiary/aromatic N) is 3. The van der Waals surface area contributed by atoms with Crippen molar-refractivity contribution in [1.29, 1.82) is 0 Å². The summed E-state index contributed by atoms with van der Waals surface area (Å²) in [7, 11) is 0. The summed E-state index contributed by atoms with van der Waals surface area (Å²) in [5, 5.41) is 16.0. The molecule has 10 heteroatoms. The molecule has 1 aromatic heterocycles. The fourth-order valence-corrected chi connectivity index (χ4v) is 4.32. The molecule has 2 atom stereocenters. The Hall–Kier alpha value is -3.30. The second kappa shape index (κ2) is 12.3. The third-order valence-electron chi connectivity index (χ3n) is 6.53. The molecule has 1 amide bonds. The molecular weight excluding hydrogens is 476 g/mol. The number of amides is 1. The minimum Gasteiger partial charge on any atom is -0.494 e. The average Bonchev–Trinajstić information content (AvgIpc) is 3.33. The molecule has 3 rings (SSSR count). The fourth-order valence-electron chi connectivity index (χ4n) is 4.32. The van der Waals surface area contributed by atoms with Gasteiger partial charge in [0.2, 0.25) is 0 Å². The Labute approximate surface area is 218 Å². The zero-order valence-corrected chi connectivity index (χ0v) is 22.7. The summed E-state index contributed by atoms with van der Waals surface area (Å²) in [5.74, 6) is 1.59. The first-order valence-corrected chi connectivity index (χ1v) is 13.0. The lowest BCUT2D eigenvalue weighted by atomic mass is 9.84. The van der Waals surface area contributed by atoms with Gasteiger partial charge in [0.1, 0.15) is 11.4 Å². The second-order valence-corrected chi connectivity index (χ2v) is 11.0. The number of carboxylic acid groups (broad SMARTS) is 1. The Morgan fingerprint density at radius 3 is 2.35 bits per heavy atom. The standard InChI is InChI=1S/C27H40N4O6/c1-17(2)23-29-25(37-30-23)31-14-11-19(12-15-31)18(3)13-16-35-21-9-7-20(8-10-21)22(24(32)33)28-26(34)36-27(4,5)6/h7-10,17-19,22H,11-16H2,1-6H3,(H,28,34)(H,32,33)/t18-,22+/m1/s1. The van der Waals surface area contributed by atoms with Crippen LogP contribution in [0.15, 0.2) is 28.8 Å². The first-order chi connectivity index (χ1) is 17.4. The van der Waals surface area contributed by atoms with Gasteiger partial charge in [-0.2, -0.15) is 4.98 Å². The SMILES string of the molecule is CC(C)c1noc(N2CCC([C@H](C)CCOc3ccc([C@H](NC(=O)OC(C)(C)C)C(=O)O)cc3)CC2)n1. The third kappa shape index (κ3) is 8.36. The highest BCUT2D eigenvalue weighted by molar-refractivity contribution is 5.81. The van der Waals surface area contributed by atoms with E-state index in [9.17, 15) is 14.7 Å². The molecule has 0 bridgehead atoms. The van der Waals surface area contributed by atoms with Crippen molar-refractivity contribution in [1.82, 2.24) is 15.5 Å². The number of carbonyl (C=O) groups is 2. The summed E-state index contributed by atoms with van der Waals surface area (Å²) in [5.41, 5.74) is -0.280. The molecule has 0 radical (unpaired) electrons. The van der Waals surface area contributed by atoms with Crippen LogP contribution in [0.25, 0.3) is 0 Å². The molecule has 0 saturated carbocycles. The van der Waals surface area contributed by atoms with Gasteiger partial charge in [-0.05, 0) is 69.6 Å². The lowest BCUT2D eigenvalue weighted by Crippen LogP contribution is -2.38. The normalized spacial score (nSPS) is 16.4. The molecular formula is C27H40N4O6. The molecule has 10 nitrogen and oxygen atoms in total. The number of alkyl carbamates (subject to hydrolysis) is 1. The van der Waals surface area contributed by atoms with E-state index in [0.717, 1.165) is 38.2 Å². The number of benzene rings is 1. The Balaban J connectivity index is 1.43. The summed E-state index contributed by atoms with van der Waals surface area (Å²) < 4.78 is 16.5. The van der Waals surface area contributed by atoms with Crippen LogP contribution in [-0.4, -0.2) is 52.6 Å². The van der Waals surface area contributed by atoms with Crippen LogP contribution in [0, 0.1) is 11.8 Å². The number of aromatic nitrogens is 2. The van der Waals surface area contributed by atoms with Crippen molar-refractivity contribution in [3.63, 3.8) is 0 Å². The first-order valence-electron chi connectivity index (χ1n) is 13.0. The fraction of sp³-hybridized carbons (Fsp3) is 0.630. The molecule has 1 aliphatic heterocycles. The highest BCUT2D eigenvalue weighted by Crippen LogP contribution is 2.30. The van der Waals surface area contributed by atoms with Crippen LogP contribution in [0.3, 0.4) is 0 Å². The molecule has 1 fully saturated rings. The molecule has 0 unspecified atom stereocenters. The van der Waals surface area contributed by atoms with Crippen LogP contribution < -0.4 is 15.0 Å². The molecule has 2 heterocycles. The van der Waals surface area contributed by atoms with Crippen molar-refractivity contribution in [2.24, 2.45) is 11.8 Å². The molecule has 0 aliphatic carbocycles. The van der Waals surface area contributed by atoms with Gasteiger partial charge in [-0.1, -0.05) is 38.1 Å². The number of piperidine rings is 1. The highest BCUT2D eigenvalue weighted by atomic mass is 16.6. The molecule has 2 N–H and O–H groups in total. The van der Waals surface area contributed by atoms with Crippen molar-refractivity contribution in [3.8, 4) is 5.75 Å². The number of rotatable bonds is 10. The number of carboxylic acids is 1. The zero-order chi connectivity index (χ0) is 27.2. The van der Waals surface area contributed by atoms with E-state index in [1.807, 2.05) is 0 Å². The quantitative estimate of drug-likeness (QED) is 0.440. The van der Waals surface area contributed by atoms with Gasteiger partial charge in [0.05, 0.1) is 6.61 Å². The largest absolute Gasteiger partial charge is 0.494 e. The lowest BCUT2D eigenvalue weighted by molar-refractivity contribution is -0.139. The highest BCUT2D eigenvalue weighted by Gasteiger charge is 2.27. The molecule has 37 heavy (non-hydrogen) atoms. The van der Waals surface area contributed by atoms with Crippen molar-refractivity contribution >= 4 is 18.1 Å². The lowest BCUT2D eigenvalue weighted by Gasteiger charge is -2.33. The number of anilines is 1. The van der Waals surface area contributed by atoms with Gasteiger partial charge in [-0.25, -0.2) is 9.59 Å². The maximum atomic E-state index is 12.0. The number of ether oxygens (including phenoxy) is 2. The van der Waals surface area contributed by atoms with Crippen LogP contribution in [0.4, 0.5) is 10.8 Å². The zero-order valence-electron chi connectivity index (χ0n) is 22.7. The molecule has 1 aromatic carbocycles. The van der Waals surface area contributed by atoms with Crippen molar-refractivity contribution in [2.45, 2.75) is 78.4 Å². The number of nitrogens with one attached hydrogen (secondary N) is 1. The van der Waals surface area contributed by atoms with Gasteiger partial charge in [-0.3, -0.25) is 0 Å². The van der Waals surface area contributed by atoms with E-state index in [4.69, 9.17) is 14.0 Å². The molecule has 0 spiro atoms. The Morgan fingerprint density at radius 1 is 1.16 bits per heavy atom. The molecule has 204 valence electrons. The smallest absolute Gasteiger partial charge is 0.408 e. The first kappa shape index (κ1) is 28.3. The van der Waals surface area contributed by atoms with E-state index in [-0.39, 0.29) is 5.92 Å². The van der Waals surface area contributed by atoms with Crippen LogP contribution in [0.1, 0.15) is 84.2 Å². The average molecular weight is 517 g/mol. The van der Waals surface area contributed by atoms with E-state index < -0.39 is 23.7 Å². The summed E-state index contributed by atoms with van der Waals surface area (Å²) in [6, 6.07) is 6.15. The number of aliphatic carboxylic acids is 1.